The number of esters is 2. The van der Waals surface area contributed by atoms with Gasteiger partial charge in [0.25, 0.3) is 0 Å². The fourth-order valence-corrected chi connectivity index (χ4v) is 1.11. The second-order valence-electron chi connectivity index (χ2n) is 2.73. The first-order valence-electron chi connectivity index (χ1n) is 4.23. The van der Waals surface area contributed by atoms with Crippen molar-refractivity contribution >= 4 is 18.2 Å². The molecule has 1 unspecified atom stereocenters. The number of hydrogen-bond donors (Lipinski definition) is 0. The Hall–Kier alpha value is -1.39. The van der Waals surface area contributed by atoms with E-state index < -0.39 is 23.8 Å². The summed E-state index contributed by atoms with van der Waals surface area (Å²) in [6.45, 7) is 1.71. The molecule has 5 nitrogen and oxygen atoms in total. The molecule has 0 heterocycles. The van der Waals surface area contributed by atoms with Gasteiger partial charge in [0.05, 0.1) is 14.2 Å². The standard InChI is InChI=1S/C9H14O5/c1-4-6(5-10)7(8(11)13-2)9(12)14-3/h5-7H,4H2,1-3H3. The molecule has 0 aromatic carbocycles. The molecule has 0 saturated heterocycles. The van der Waals surface area contributed by atoms with Crippen LogP contribution in [-0.2, 0) is 23.9 Å². The first-order valence-corrected chi connectivity index (χ1v) is 4.23. The van der Waals surface area contributed by atoms with Gasteiger partial charge in [0, 0.05) is 5.92 Å². The van der Waals surface area contributed by atoms with E-state index >= 15 is 0 Å². The van der Waals surface area contributed by atoms with E-state index in [1.54, 1.807) is 6.92 Å². The summed E-state index contributed by atoms with van der Waals surface area (Å²) in [5.41, 5.74) is 0. The second kappa shape index (κ2) is 6.12. The lowest BCUT2D eigenvalue weighted by atomic mass is 9.91. The van der Waals surface area contributed by atoms with Gasteiger partial charge in [-0.05, 0) is 6.42 Å². The molecule has 0 amide bonds. The maximum absolute atomic E-state index is 11.2. The third kappa shape index (κ3) is 2.83. The van der Waals surface area contributed by atoms with E-state index in [1.807, 2.05) is 0 Å². The highest BCUT2D eigenvalue weighted by molar-refractivity contribution is 5.97. The minimum Gasteiger partial charge on any atom is -0.468 e. The molecule has 0 aromatic heterocycles. The summed E-state index contributed by atoms with van der Waals surface area (Å²) >= 11 is 0. The first kappa shape index (κ1) is 12.6. The number of carbonyl (C=O) groups is 3. The van der Waals surface area contributed by atoms with Crippen LogP contribution in [0.5, 0.6) is 0 Å². The van der Waals surface area contributed by atoms with E-state index in [2.05, 4.69) is 9.47 Å². The third-order valence-electron chi connectivity index (χ3n) is 1.98. The van der Waals surface area contributed by atoms with Crippen molar-refractivity contribution < 1.29 is 23.9 Å². The number of ether oxygens (including phenoxy) is 2. The molecule has 0 fully saturated rings. The number of rotatable bonds is 5. The number of aldehydes is 1. The van der Waals surface area contributed by atoms with Crippen molar-refractivity contribution in [3.8, 4) is 0 Å². The van der Waals surface area contributed by atoms with Crippen molar-refractivity contribution in [1.82, 2.24) is 0 Å². The maximum Gasteiger partial charge on any atom is 0.320 e. The average molecular weight is 202 g/mol. The number of carbonyl (C=O) groups excluding carboxylic acids is 3. The lowest BCUT2D eigenvalue weighted by molar-refractivity contribution is -0.162. The highest BCUT2D eigenvalue weighted by Crippen LogP contribution is 2.16. The molecule has 0 aromatic rings. The second-order valence-corrected chi connectivity index (χ2v) is 2.73. The predicted octanol–water partition coefficient (Wildman–Crippen LogP) is 0.174. The minimum absolute atomic E-state index is 0.387. The summed E-state index contributed by atoms with van der Waals surface area (Å²) in [5.74, 6) is -3.31. The molecule has 0 bridgehead atoms. The largest absolute Gasteiger partial charge is 0.468 e. The predicted molar refractivity (Wildman–Crippen MR) is 47.4 cm³/mol. The van der Waals surface area contributed by atoms with Crippen LogP contribution in [0.1, 0.15) is 13.3 Å². The molecule has 0 saturated carbocycles. The molecule has 5 heteroatoms. The van der Waals surface area contributed by atoms with E-state index in [0.29, 0.717) is 12.7 Å². The summed E-state index contributed by atoms with van der Waals surface area (Å²) in [7, 11) is 2.32. The highest BCUT2D eigenvalue weighted by atomic mass is 16.5. The zero-order valence-electron chi connectivity index (χ0n) is 8.48. The van der Waals surface area contributed by atoms with Crippen LogP contribution in [-0.4, -0.2) is 32.4 Å². The van der Waals surface area contributed by atoms with Gasteiger partial charge < -0.3 is 14.3 Å². The van der Waals surface area contributed by atoms with Crippen molar-refractivity contribution in [2.45, 2.75) is 13.3 Å². The van der Waals surface area contributed by atoms with Crippen LogP contribution in [0.25, 0.3) is 0 Å². The van der Waals surface area contributed by atoms with Crippen molar-refractivity contribution in [2.75, 3.05) is 14.2 Å². The minimum atomic E-state index is -1.15. The van der Waals surface area contributed by atoms with E-state index in [-0.39, 0.29) is 0 Å². The van der Waals surface area contributed by atoms with E-state index in [9.17, 15) is 14.4 Å². The van der Waals surface area contributed by atoms with Gasteiger partial charge >= 0.3 is 11.9 Å². The molecule has 0 rings (SSSR count). The normalized spacial score (nSPS) is 12.0. The lowest BCUT2D eigenvalue weighted by Crippen LogP contribution is -2.33. The van der Waals surface area contributed by atoms with E-state index in [0.717, 1.165) is 14.2 Å². The monoisotopic (exact) mass is 202 g/mol. The van der Waals surface area contributed by atoms with Crippen LogP contribution in [0.4, 0.5) is 0 Å². The molecule has 0 radical (unpaired) electrons. The number of hydrogen-bond acceptors (Lipinski definition) is 5. The van der Waals surface area contributed by atoms with Crippen molar-refractivity contribution in [1.29, 1.82) is 0 Å². The first-order chi connectivity index (χ1) is 6.62. The molecule has 0 aliphatic carbocycles. The van der Waals surface area contributed by atoms with E-state index in [4.69, 9.17) is 0 Å². The third-order valence-corrected chi connectivity index (χ3v) is 1.98. The fraction of sp³-hybridized carbons (Fsp3) is 0.667. The van der Waals surface area contributed by atoms with Crippen LogP contribution in [0.2, 0.25) is 0 Å². The van der Waals surface area contributed by atoms with Gasteiger partial charge in [-0.25, -0.2) is 0 Å². The Kier molecular flexibility index (Phi) is 5.52. The van der Waals surface area contributed by atoms with Crippen LogP contribution < -0.4 is 0 Å². The molecule has 0 aliphatic heterocycles. The SMILES string of the molecule is CCC(C=O)C(C(=O)OC)C(=O)OC. The van der Waals surface area contributed by atoms with Crippen LogP contribution in [0.3, 0.4) is 0 Å². The molecular formula is C9H14O5. The van der Waals surface area contributed by atoms with Crippen LogP contribution >= 0.6 is 0 Å². The average Bonchev–Trinajstić information content (AvgIpc) is 2.23. The zero-order chi connectivity index (χ0) is 11.1. The Labute approximate surface area is 82.4 Å². The van der Waals surface area contributed by atoms with Gasteiger partial charge in [0.15, 0.2) is 5.92 Å². The summed E-state index contributed by atoms with van der Waals surface area (Å²) in [6, 6.07) is 0. The van der Waals surface area contributed by atoms with Crippen LogP contribution in [0, 0.1) is 11.8 Å². The summed E-state index contributed by atoms with van der Waals surface area (Å²) in [4.78, 5) is 33.0. The summed E-state index contributed by atoms with van der Waals surface area (Å²) < 4.78 is 8.84. The molecular weight excluding hydrogens is 188 g/mol. The van der Waals surface area contributed by atoms with Gasteiger partial charge in [0.2, 0.25) is 0 Å². The summed E-state index contributed by atoms with van der Waals surface area (Å²) in [5, 5.41) is 0. The summed E-state index contributed by atoms with van der Waals surface area (Å²) in [6.07, 6.45) is 0.955. The Balaban J connectivity index is 4.78. The highest BCUT2D eigenvalue weighted by Gasteiger charge is 2.35. The van der Waals surface area contributed by atoms with E-state index in [1.165, 1.54) is 0 Å². The van der Waals surface area contributed by atoms with Crippen LogP contribution in [0.15, 0.2) is 0 Å². The molecule has 80 valence electrons. The van der Waals surface area contributed by atoms with Gasteiger partial charge in [-0.15, -0.1) is 0 Å². The van der Waals surface area contributed by atoms with Gasteiger partial charge in [0.1, 0.15) is 6.29 Å². The molecule has 0 aliphatic rings. The Morgan fingerprint density at radius 3 is 1.86 bits per heavy atom. The van der Waals surface area contributed by atoms with Gasteiger partial charge in [-0.3, -0.25) is 9.59 Å². The van der Waals surface area contributed by atoms with Crippen molar-refractivity contribution in [3.05, 3.63) is 0 Å². The number of methoxy groups -OCH3 is 2. The smallest absolute Gasteiger partial charge is 0.320 e. The molecule has 14 heavy (non-hydrogen) atoms. The quantitative estimate of drug-likeness (QED) is 0.361. The lowest BCUT2D eigenvalue weighted by Gasteiger charge is -2.16. The fourth-order valence-electron chi connectivity index (χ4n) is 1.11. The van der Waals surface area contributed by atoms with Gasteiger partial charge in [-0.2, -0.15) is 0 Å². The molecule has 0 N–H and O–H groups in total. The van der Waals surface area contributed by atoms with Crippen molar-refractivity contribution in [3.63, 3.8) is 0 Å². The Morgan fingerprint density at radius 1 is 1.21 bits per heavy atom. The van der Waals surface area contributed by atoms with Gasteiger partial charge in [-0.1, -0.05) is 6.92 Å². The topological polar surface area (TPSA) is 69.7 Å². The molecule has 1 atom stereocenters. The molecule has 0 spiro atoms. The Morgan fingerprint density at radius 2 is 1.64 bits per heavy atom. The Bertz CT molecular complexity index is 207. The van der Waals surface area contributed by atoms with Crippen molar-refractivity contribution in [2.24, 2.45) is 11.8 Å². The zero-order valence-corrected chi connectivity index (χ0v) is 8.48. The maximum atomic E-state index is 11.2.